The third-order valence-electron chi connectivity index (χ3n) is 5.07. The predicted octanol–water partition coefficient (Wildman–Crippen LogP) is 2.17. The normalized spacial score (nSPS) is 25.6. The lowest BCUT2D eigenvalue weighted by Crippen LogP contribution is -2.54. The highest BCUT2D eigenvalue weighted by molar-refractivity contribution is 7.92. The maximum atomic E-state index is 13.7. The molecule has 1 saturated carbocycles. The Labute approximate surface area is 139 Å². The average molecular weight is 348 g/mol. The molecule has 2 aromatic rings. The van der Waals surface area contributed by atoms with Gasteiger partial charge >= 0.3 is 0 Å². The van der Waals surface area contributed by atoms with Gasteiger partial charge in [-0.1, -0.05) is 12.1 Å². The van der Waals surface area contributed by atoms with Crippen LogP contribution in [-0.2, 0) is 9.84 Å². The minimum absolute atomic E-state index is 0.00947. The zero-order valence-corrected chi connectivity index (χ0v) is 13.8. The number of carbonyl (C=O) groups excluding carboxylic acids is 1. The highest BCUT2D eigenvalue weighted by atomic mass is 32.2. The molecule has 1 aromatic carbocycles. The fourth-order valence-corrected chi connectivity index (χ4v) is 5.92. The highest BCUT2D eigenvalue weighted by Crippen LogP contribution is 2.34. The number of sulfone groups is 1. The van der Waals surface area contributed by atoms with E-state index >= 15 is 0 Å². The Morgan fingerprint density at radius 1 is 1.29 bits per heavy atom. The molecule has 0 spiro atoms. The van der Waals surface area contributed by atoms with Crippen LogP contribution in [-0.4, -0.2) is 47.8 Å². The van der Waals surface area contributed by atoms with Crippen LogP contribution in [0.15, 0.2) is 30.5 Å². The van der Waals surface area contributed by atoms with Crippen LogP contribution in [0.3, 0.4) is 0 Å². The third-order valence-corrected chi connectivity index (χ3v) is 7.29. The van der Waals surface area contributed by atoms with Gasteiger partial charge in [-0.05, 0) is 31.4 Å². The number of aromatic nitrogens is 1. The summed E-state index contributed by atoms with van der Waals surface area (Å²) in [5.74, 6) is -0.637. The van der Waals surface area contributed by atoms with E-state index in [2.05, 4.69) is 4.98 Å². The Morgan fingerprint density at radius 3 is 2.96 bits per heavy atom. The van der Waals surface area contributed by atoms with Gasteiger partial charge in [0, 0.05) is 24.2 Å². The van der Waals surface area contributed by atoms with Crippen molar-refractivity contribution in [3.63, 3.8) is 0 Å². The molecule has 7 heteroatoms. The Hall–Kier alpha value is -2.02. The lowest BCUT2D eigenvalue weighted by molar-refractivity contribution is 0.0686. The van der Waals surface area contributed by atoms with E-state index < -0.39 is 20.9 Å². The molecule has 1 aliphatic carbocycles. The van der Waals surface area contributed by atoms with E-state index in [1.54, 1.807) is 23.1 Å². The molecule has 2 heterocycles. The molecule has 2 unspecified atom stereocenters. The van der Waals surface area contributed by atoms with Crippen molar-refractivity contribution >= 4 is 26.6 Å². The lowest BCUT2D eigenvalue weighted by atomic mass is 10.1. The summed E-state index contributed by atoms with van der Waals surface area (Å²) in [5, 5.41) is 0.120. The molecule has 1 aliphatic heterocycles. The van der Waals surface area contributed by atoms with Gasteiger partial charge in [-0.2, -0.15) is 0 Å². The summed E-state index contributed by atoms with van der Waals surface area (Å²) < 4.78 is 38.1. The zero-order chi connectivity index (χ0) is 16.9. The average Bonchev–Trinajstić information content (AvgIpc) is 3.05. The van der Waals surface area contributed by atoms with Gasteiger partial charge in [0.25, 0.3) is 5.91 Å². The largest absolute Gasteiger partial charge is 0.333 e. The maximum Gasteiger partial charge on any atom is 0.255 e. The molecule has 0 N–H and O–H groups in total. The topological polar surface area (TPSA) is 67.3 Å². The predicted molar refractivity (Wildman–Crippen MR) is 88.0 cm³/mol. The quantitative estimate of drug-likeness (QED) is 0.792. The van der Waals surface area contributed by atoms with E-state index in [0.29, 0.717) is 23.8 Å². The van der Waals surface area contributed by atoms with Crippen LogP contribution in [0.1, 0.15) is 29.6 Å². The summed E-state index contributed by atoms with van der Waals surface area (Å²) >= 11 is 0. The first-order valence-electron chi connectivity index (χ1n) is 8.04. The smallest absolute Gasteiger partial charge is 0.255 e. The molecular weight excluding hydrogens is 331 g/mol. The number of para-hydroxylation sites is 1. The van der Waals surface area contributed by atoms with E-state index in [4.69, 9.17) is 0 Å². The molecule has 2 fully saturated rings. The van der Waals surface area contributed by atoms with E-state index in [-0.39, 0.29) is 29.8 Å². The number of rotatable bonds is 1. The third kappa shape index (κ3) is 2.38. The van der Waals surface area contributed by atoms with E-state index in [9.17, 15) is 17.6 Å². The molecule has 0 bridgehead atoms. The summed E-state index contributed by atoms with van der Waals surface area (Å²) in [6.45, 7) is 0.212. The number of pyridine rings is 1. The molecule has 1 amide bonds. The van der Waals surface area contributed by atoms with Crippen molar-refractivity contribution in [3.8, 4) is 0 Å². The van der Waals surface area contributed by atoms with Crippen molar-refractivity contribution in [1.29, 1.82) is 0 Å². The van der Waals surface area contributed by atoms with Gasteiger partial charge in [0.05, 0.1) is 16.6 Å². The number of hydrogen-bond acceptors (Lipinski definition) is 4. The summed E-state index contributed by atoms with van der Waals surface area (Å²) in [4.78, 5) is 18.6. The second-order valence-corrected chi connectivity index (χ2v) is 8.78. The second kappa shape index (κ2) is 5.51. The number of nitrogens with zero attached hydrogens (tertiary/aromatic N) is 2. The Bertz CT molecular complexity index is 929. The number of fused-ring (bicyclic) bond motifs is 2. The molecule has 1 saturated heterocycles. The van der Waals surface area contributed by atoms with Crippen molar-refractivity contribution in [1.82, 2.24) is 9.88 Å². The molecule has 4 rings (SSSR count). The number of amides is 1. The highest BCUT2D eigenvalue weighted by Gasteiger charge is 2.46. The molecule has 0 radical (unpaired) electrons. The summed E-state index contributed by atoms with van der Waals surface area (Å²) in [6.07, 6.45) is 3.53. The molecule has 1 aromatic heterocycles. The number of hydrogen-bond donors (Lipinski definition) is 0. The molecule has 2 aliphatic rings. The fourth-order valence-electron chi connectivity index (χ4n) is 3.88. The van der Waals surface area contributed by atoms with Crippen molar-refractivity contribution in [2.75, 3.05) is 12.3 Å². The first kappa shape index (κ1) is 15.5. The first-order valence-corrected chi connectivity index (χ1v) is 9.76. The SMILES string of the molecule is O=C(c1cnc2c(F)cccc2c1)N1CCS(=O)(=O)C2CCCC21. The Balaban J connectivity index is 1.69. The van der Waals surface area contributed by atoms with Crippen LogP contribution in [0.4, 0.5) is 4.39 Å². The Kier molecular flexibility index (Phi) is 3.56. The second-order valence-electron chi connectivity index (χ2n) is 6.44. The van der Waals surface area contributed by atoms with Crippen LogP contribution < -0.4 is 0 Å². The summed E-state index contributed by atoms with van der Waals surface area (Å²) in [5.41, 5.74) is 0.604. The first-order chi connectivity index (χ1) is 11.5. The number of benzene rings is 1. The van der Waals surface area contributed by atoms with Gasteiger partial charge in [-0.25, -0.2) is 12.8 Å². The van der Waals surface area contributed by atoms with Crippen molar-refractivity contribution in [3.05, 3.63) is 41.8 Å². The molecule has 2 atom stereocenters. The van der Waals surface area contributed by atoms with Crippen LogP contribution >= 0.6 is 0 Å². The van der Waals surface area contributed by atoms with Gasteiger partial charge in [0.2, 0.25) is 0 Å². The van der Waals surface area contributed by atoms with E-state index in [1.165, 1.54) is 12.3 Å². The van der Waals surface area contributed by atoms with Crippen LogP contribution in [0.2, 0.25) is 0 Å². The fraction of sp³-hybridized carbons (Fsp3) is 0.412. The summed E-state index contributed by atoms with van der Waals surface area (Å²) in [6, 6.07) is 5.99. The van der Waals surface area contributed by atoms with Gasteiger partial charge in [-0.3, -0.25) is 9.78 Å². The molecule has 24 heavy (non-hydrogen) atoms. The van der Waals surface area contributed by atoms with Crippen LogP contribution in [0, 0.1) is 5.82 Å². The number of halogens is 1. The maximum absolute atomic E-state index is 13.7. The standard InChI is InChI=1S/C17H17FN2O3S/c18-13-4-1-3-11-9-12(10-19-16(11)13)17(21)20-7-8-24(22,23)15-6-2-5-14(15)20/h1,3-4,9-10,14-15H,2,5-8H2. The van der Waals surface area contributed by atoms with Gasteiger partial charge in [-0.15, -0.1) is 0 Å². The Morgan fingerprint density at radius 2 is 2.12 bits per heavy atom. The van der Waals surface area contributed by atoms with Gasteiger partial charge in [0.15, 0.2) is 9.84 Å². The van der Waals surface area contributed by atoms with E-state index in [1.807, 2.05) is 0 Å². The minimum Gasteiger partial charge on any atom is -0.333 e. The van der Waals surface area contributed by atoms with Gasteiger partial charge < -0.3 is 4.90 Å². The zero-order valence-electron chi connectivity index (χ0n) is 13.0. The monoisotopic (exact) mass is 348 g/mol. The molecular formula is C17H17FN2O3S. The van der Waals surface area contributed by atoms with Gasteiger partial charge in [0.1, 0.15) is 11.3 Å². The minimum atomic E-state index is -3.11. The molecule has 5 nitrogen and oxygen atoms in total. The van der Waals surface area contributed by atoms with Crippen LogP contribution in [0.5, 0.6) is 0 Å². The van der Waals surface area contributed by atoms with Crippen molar-refractivity contribution < 1.29 is 17.6 Å². The summed E-state index contributed by atoms with van der Waals surface area (Å²) in [7, 11) is -3.11. The van der Waals surface area contributed by atoms with Crippen LogP contribution in [0.25, 0.3) is 10.9 Å². The van der Waals surface area contributed by atoms with Crippen molar-refractivity contribution in [2.45, 2.75) is 30.6 Å². The lowest BCUT2D eigenvalue weighted by Gasteiger charge is -2.37. The van der Waals surface area contributed by atoms with E-state index in [0.717, 1.165) is 6.42 Å². The number of carbonyl (C=O) groups is 1. The van der Waals surface area contributed by atoms with Crippen molar-refractivity contribution in [2.24, 2.45) is 0 Å². The molecule has 126 valence electrons.